The number of unbranched alkanes of at least 4 members (excludes halogenated alkanes) is 2. The van der Waals surface area contributed by atoms with Crippen LogP contribution in [0.1, 0.15) is 25.7 Å². The number of hydrogen-bond acceptors (Lipinski definition) is 1. The molecule has 6 heteroatoms. The zero-order valence-electron chi connectivity index (χ0n) is 9.66. The molecule has 1 N–H and O–H groups in total. The molecule has 1 unspecified atom stereocenters. The maximum absolute atomic E-state index is 13.3. The third kappa shape index (κ3) is 4.50. The predicted molar refractivity (Wildman–Crippen MR) is 59.3 cm³/mol. The van der Waals surface area contributed by atoms with Gasteiger partial charge in [-0.3, -0.25) is 4.39 Å². The number of rotatable bonds is 7. The zero-order chi connectivity index (χ0) is 13.5. The lowest BCUT2D eigenvalue weighted by molar-refractivity contribution is 0.334. The van der Waals surface area contributed by atoms with Gasteiger partial charge in [0.05, 0.1) is 12.4 Å². The van der Waals surface area contributed by atoms with E-state index in [0.717, 1.165) is 0 Å². The van der Waals surface area contributed by atoms with E-state index in [1.54, 1.807) is 0 Å². The molecule has 1 rings (SSSR count). The van der Waals surface area contributed by atoms with Crippen LogP contribution in [-0.2, 0) is 0 Å². The lowest BCUT2D eigenvalue weighted by Crippen LogP contribution is -2.15. The minimum Gasteiger partial charge on any atom is -0.353 e. The number of hydrogen-bond donors (Lipinski definition) is 1. The lowest BCUT2D eigenvalue weighted by Gasteiger charge is -2.12. The van der Waals surface area contributed by atoms with Gasteiger partial charge < -0.3 is 5.32 Å². The second kappa shape index (κ2) is 7.18. The maximum Gasteiger partial charge on any atom is 0.182 e. The normalized spacial score (nSPS) is 12.5. The molecule has 0 saturated heterocycles. The average molecular weight is 267 g/mol. The fourth-order valence-corrected chi connectivity index (χ4v) is 1.50. The highest BCUT2D eigenvalue weighted by Crippen LogP contribution is 2.21. The van der Waals surface area contributed by atoms with Crippen LogP contribution >= 0.6 is 0 Å². The summed E-state index contributed by atoms with van der Waals surface area (Å²) in [5.74, 6) is -3.68. The smallest absolute Gasteiger partial charge is 0.182 e. The fraction of sp³-hybridized carbons (Fsp3) is 0.500. The molecular formula is C12H14F5N. The molecule has 18 heavy (non-hydrogen) atoms. The van der Waals surface area contributed by atoms with E-state index in [1.807, 2.05) is 0 Å². The molecule has 0 aliphatic rings. The van der Waals surface area contributed by atoms with E-state index in [9.17, 15) is 22.0 Å². The highest BCUT2D eigenvalue weighted by Gasteiger charge is 2.14. The van der Waals surface area contributed by atoms with Gasteiger partial charge in [0.1, 0.15) is 5.82 Å². The Kier molecular flexibility index (Phi) is 5.88. The Morgan fingerprint density at radius 2 is 1.78 bits per heavy atom. The van der Waals surface area contributed by atoms with E-state index in [1.165, 1.54) is 0 Å². The molecule has 0 saturated carbocycles. The van der Waals surface area contributed by atoms with Crippen LogP contribution in [0.2, 0.25) is 0 Å². The molecule has 0 fully saturated rings. The van der Waals surface area contributed by atoms with Crippen LogP contribution in [0.25, 0.3) is 0 Å². The quantitative estimate of drug-likeness (QED) is 0.335. The first-order valence-corrected chi connectivity index (χ1v) is 5.65. The summed E-state index contributed by atoms with van der Waals surface area (Å²) in [5.41, 5.74) is -0.550. The average Bonchev–Trinajstić information content (AvgIpc) is 2.31. The minimum absolute atomic E-state index is 0.0254. The van der Waals surface area contributed by atoms with E-state index in [4.69, 9.17) is 0 Å². The van der Waals surface area contributed by atoms with Crippen molar-refractivity contribution in [3.05, 3.63) is 29.6 Å². The number of alkyl halides is 2. The first kappa shape index (κ1) is 14.7. The largest absolute Gasteiger partial charge is 0.353 e. The Hall–Kier alpha value is -1.33. The van der Waals surface area contributed by atoms with Crippen LogP contribution in [0.3, 0.4) is 0 Å². The van der Waals surface area contributed by atoms with E-state index >= 15 is 0 Å². The van der Waals surface area contributed by atoms with Crippen molar-refractivity contribution in [1.29, 1.82) is 0 Å². The molecule has 0 radical (unpaired) electrons. The van der Waals surface area contributed by atoms with Crippen LogP contribution in [0, 0.1) is 17.5 Å². The van der Waals surface area contributed by atoms with Crippen LogP contribution < -0.4 is 5.32 Å². The van der Waals surface area contributed by atoms with Crippen molar-refractivity contribution in [2.24, 2.45) is 0 Å². The second-order valence-corrected chi connectivity index (χ2v) is 3.90. The molecule has 1 aromatic carbocycles. The summed E-state index contributed by atoms with van der Waals surface area (Å²) in [6, 6.07) is 1.07. The Morgan fingerprint density at radius 3 is 2.44 bits per heavy atom. The summed E-state index contributed by atoms with van der Waals surface area (Å²) in [7, 11) is 0. The van der Waals surface area contributed by atoms with Crippen molar-refractivity contribution < 1.29 is 22.0 Å². The number of nitrogens with one attached hydrogen (secondary N) is 1. The zero-order valence-corrected chi connectivity index (χ0v) is 9.66. The van der Waals surface area contributed by atoms with Crippen molar-refractivity contribution in [1.82, 2.24) is 0 Å². The fourth-order valence-electron chi connectivity index (χ4n) is 1.50. The molecule has 0 aromatic heterocycles. The molecule has 1 atom stereocenters. The number of halogens is 5. The third-order valence-corrected chi connectivity index (χ3v) is 2.40. The van der Waals surface area contributed by atoms with Gasteiger partial charge >= 0.3 is 0 Å². The predicted octanol–water partition coefficient (Wildman–Crippen LogP) is 4.34. The molecule has 0 amide bonds. The maximum atomic E-state index is 13.3. The SMILES string of the molecule is FCCCCCC(F)Nc1cc(F)cc(F)c1F. The Labute approximate surface area is 102 Å². The summed E-state index contributed by atoms with van der Waals surface area (Å²) in [4.78, 5) is 0. The van der Waals surface area contributed by atoms with Gasteiger partial charge in [-0.05, 0) is 19.3 Å². The monoisotopic (exact) mass is 267 g/mol. The molecule has 1 aromatic rings. The lowest BCUT2D eigenvalue weighted by atomic mass is 10.2. The molecule has 0 heterocycles. The first-order valence-electron chi connectivity index (χ1n) is 5.65. The van der Waals surface area contributed by atoms with Gasteiger partial charge in [-0.1, -0.05) is 6.42 Å². The van der Waals surface area contributed by atoms with Gasteiger partial charge in [0.15, 0.2) is 17.9 Å². The number of anilines is 1. The van der Waals surface area contributed by atoms with Crippen molar-refractivity contribution in [2.45, 2.75) is 32.0 Å². The van der Waals surface area contributed by atoms with E-state index < -0.39 is 36.1 Å². The van der Waals surface area contributed by atoms with Crippen LogP contribution in [0.4, 0.5) is 27.6 Å². The second-order valence-electron chi connectivity index (χ2n) is 3.90. The molecule has 0 spiro atoms. The van der Waals surface area contributed by atoms with Crippen molar-refractivity contribution in [2.75, 3.05) is 12.0 Å². The van der Waals surface area contributed by atoms with Crippen LogP contribution in [0.15, 0.2) is 12.1 Å². The Balaban J connectivity index is 2.51. The summed E-state index contributed by atoms with van der Waals surface area (Å²) in [5, 5.41) is 2.05. The molecular weight excluding hydrogens is 253 g/mol. The van der Waals surface area contributed by atoms with Crippen molar-refractivity contribution >= 4 is 5.69 Å². The van der Waals surface area contributed by atoms with E-state index in [0.29, 0.717) is 31.4 Å². The van der Waals surface area contributed by atoms with Gasteiger partial charge in [0, 0.05) is 12.1 Å². The van der Waals surface area contributed by atoms with E-state index in [-0.39, 0.29) is 6.42 Å². The Morgan fingerprint density at radius 1 is 1.06 bits per heavy atom. The molecule has 0 bridgehead atoms. The van der Waals surface area contributed by atoms with Gasteiger partial charge in [-0.25, -0.2) is 17.6 Å². The highest BCUT2D eigenvalue weighted by atomic mass is 19.2. The first-order chi connectivity index (χ1) is 8.54. The summed E-state index contributed by atoms with van der Waals surface area (Å²) in [6.45, 7) is -0.464. The molecule has 0 aliphatic heterocycles. The molecule has 1 nitrogen and oxygen atoms in total. The topological polar surface area (TPSA) is 12.0 Å². The molecule has 102 valence electrons. The third-order valence-electron chi connectivity index (χ3n) is 2.40. The molecule has 0 aliphatic carbocycles. The van der Waals surface area contributed by atoms with Crippen LogP contribution in [0.5, 0.6) is 0 Å². The van der Waals surface area contributed by atoms with Gasteiger partial charge in [0.25, 0.3) is 0 Å². The highest BCUT2D eigenvalue weighted by molar-refractivity contribution is 5.45. The summed E-state index contributed by atoms with van der Waals surface area (Å²) in [6.07, 6.45) is -0.330. The number of benzene rings is 1. The van der Waals surface area contributed by atoms with Crippen LogP contribution in [-0.4, -0.2) is 13.0 Å². The van der Waals surface area contributed by atoms with Gasteiger partial charge in [-0.15, -0.1) is 0 Å². The standard InChI is InChI=1S/C12H14F5N/c13-5-3-1-2-4-11(16)18-10-7-8(14)6-9(15)12(10)17/h6-7,11,18H,1-5H2. The summed E-state index contributed by atoms with van der Waals surface area (Å²) >= 11 is 0. The minimum atomic E-state index is -1.62. The van der Waals surface area contributed by atoms with E-state index in [2.05, 4.69) is 5.32 Å². The van der Waals surface area contributed by atoms with Crippen molar-refractivity contribution in [3.63, 3.8) is 0 Å². The Bertz CT molecular complexity index is 383. The van der Waals surface area contributed by atoms with Gasteiger partial charge in [-0.2, -0.15) is 0 Å². The summed E-state index contributed by atoms with van der Waals surface area (Å²) < 4.78 is 63.9. The van der Waals surface area contributed by atoms with Gasteiger partial charge in [0.2, 0.25) is 0 Å². The van der Waals surface area contributed by atoms with Crippen molar-refractivity contribution in [3.8, 4) is 0 Å².